The molecule has 0 aliphatic rings. The smallest absolute Gasteiger partial charge is 0.303 e. The number of carboxylic acids is 1. The molecule has 0 saturated carbocycles. The van der Waals surface area contributed by atoms with Crippen molar-refractivity contribution >= 4 is 44.1 Å². The topological polar surface area (TPSA) is 71.5 Å². The molecule has 2 aromatic carbocycles. The van der Waals surface area contributed by atoms with Gasteiger partial charge >= 0.3 is 5.97 Å². The number of carbonyl (C=O) groups is 1. The number of thiazole rings is 1. The van der Waals surface area contributed by atoms with Gasteiger partial charge in [-0.3, -0.25) is 4.79 Å². The Balaban J connectivity index is 1.67. The van der Waals surface area contributed by atoms with Gasteiger partial charge in [0.1, 0.15) is 5.75 Å². The molecule has 0 fully saturated rings. The second kappa shape index (κ2) is 9.21. The third-order valence-corrected chi connectivity index (χ3v) is 5.30. The van der Waals surface area contributed by atoms with E-state index in [9.17, 15) is 4.79 Å². The fraction of sp³-hybridized carbons (Fsp3) is 0.238. The van der Waals surface area contributed by atoms with Gasteiger partial charge in [-0.1, -0.05) is 12.1 Å². The molecular formula is C21H21BrN2O3S. The molecule has 5 nitrogen and oxygen atoms in total. The first-order chi connectivity index (χ1) is 13.4. The minimum absolute atomic E-state index is 0.118. The number of hydrogen-bond acceptors (Lipinski definition) is 5. The first-order valence-corrected chi connectivity index (χ1v) is 10.6. The van der Waals surface area contributed by atoms with Crippen molar-refractivity contribution in [2.24, 2.45) is 0 Å². The van der Waals surface area contributed by atoms with Gasteiger partial charge in [-0.05, 0) is 72.1 Å². The van der Waals surface area contributed by atoms with Crippen LogP contribution < -0.4 is 10.1 Å². The number of ether oxygens (including phenoxy) is 1. The van der Waals surface area contributed by atoms with Gasteiger partial charge in [-0.2, -0.15) is 0 Å². The van der Waals surface area contributed by atoms with Gasteiger partial charge in [-0.25, -0.2) is 4.98 Å². The maximum atomic E-state index is 10.7. The molecule has 0 atom stereocenters. The molecule has 0 radical (unpaired) electrons. The van der Waals surface area contributed by atoms with Gasteiger partial charge in [0.15, 0.2) is 5.13 Å². The molecule has 1 heterocycles. The fourth-order valence-corrected chi connectivity index (χ4v) is 3.82. The Morgan fingerprint density at radius 1 is 1.25 bits per heavy atom. The number of aromatic nitrogens is 1. The minimum Gasteiger partial charge on any atom is -0.490 e. The van der Waals surface area contributed by atoms with E-state index in [0.29, 0.717) is 6.42 Å². The van der Waals surface area contributed by atoms with Gasteiger partial charge in [0, 0.05) is 23.1 Å². The van der Waals surface area contributed by atoms with E-state index in [1.165, 1.54) is 11.3 Å². The second-order valence-corrected chi connectivity index (χ2v) is 8.28. The molecule has 3 aromatic rings. The van der Waals surface area contributed by atoms with Crippen molar-refractivity contribution in [1.82, 2.24) is 4.98 Å². The largest absolute Gasteiger partial charge is 0.490 e. The van der Waals surface area contributed by atoms with E-state index in [1.54, 1.807) is 0 Å². The van der Waals surface area contributed by atoms with Crippen LogP contribution >= 0.6 is 27.3 Å². The van der Waals surface area contributed by atoms with Crippen molar-refractivity contribution in [3.8, 4) is 17.0 Å². The van der Waals surface area contributed by atoms with Crippen LogP contribution in [0.5, 0.6) is 5.75 Å². The zero-order chi connectivity index (χ0) is 20.1. The summed E-state index contributed by atoms with van der Waals surface area (Å²) < 4.78 is 6.65. The highest BCUT2D eigenvalue weighted by molar-refractivity contribution is 9.10. The van der Waals surface area contributed by atoms with Gasteiger partial charge in [0.2, 0.25) is 0 Å². The Labute approximate surface area is 176 Å². The predicted octanol–water partition coefficient (Wildman–Crippen LogP) is 6.12. The number of hydrogen-bond donors (Lipinski definition) is 2. The molecule has 3 rings (SSSR count). The van der Waals surface area contributed by atoms with Crippen molar-refractivity contribution in [3.05, 3.63) is 57.9 Å². The Morgan fingerprint density at radius 2 is 2.00 bits per heavy atom. The number of carboxylic acid groups (broad SMARTS) is 1. The average Bonchev–Trinajstić information content (AvgIpc) is 3.11. The molecule has 0 unspecified atom stereocenters. The van der Waals surface area contributed by atoms with Crippen molar-refractivity contribution in [2.45, 2.75) is 32.8 Å². The normalized spacial score (nSPS) is 10.9. The molecule has 0 bridgehead atoms. The number of nitrogens with zero attached hydrogens (tertiary/aromatic N) is 1. The Kier molecular flexibility index (Phi) is 6.70. The van der Waals surface area contributed by atoms with Crippen LogP contribution in [0.2, 0.25) is 0 Å². The van der Waals surface area contributed by atoms with Crippen molar-refractivity contribution in [3.63, 3.8) is 0 Å². The molecule has 0 aliphatic heterocycles. The molecule has 0 aliphatic carbocycles. The SMILES string of the molecule is CC(C)Oc1ccc(-c2csc(Nc3ccc(CCC(=O)O)cc3)n2)cc1Br. The molecule has 0 saturated heterocycles. The molecular weight excluding hydrogens is 440 g/mol. The molecule has 146 valence electrons. The number of nitrogens with one attached hydrogen (secondary N) is 1. The summed E-state index contributed by atoms with van der Waals surface area (Å²) in [6, 6.07) is 13.7. The van der Waals surface area contributed by atoms with Crippen LogP contribution in [0.15, 0.2) is 52.3 Å². The third-order valence-electron chi connectivity index (χ3n) is 3.93. The first kappa shape index (κ1) is 20.4. The van der Waals surface area contributed by atoms with E-state index in [1.807, 2.05) is 61.7 Å². The third kappa shape index (κ3) is 5.56. The molecule has 7 heteroatoms. The highest BCUT2D eigenvalue weighted by Gasteiger charge is 2.09. The Bertz CT molecular complexity index is 955. The van der Waals surface area contributed by atoms with Gasteiger partial charge in [-0.15, -0.1) is 11.3 Å². The highest BCUT2D eigenvalue weighted by atomic mass is 79.9. The lowest BCUT2D eigenvalue weighted by atomic mass is 10.1. The highest BCUT2D eigenvalue weighted by Crippen LogP contribution is 2.33. The quantitative estimate of drug-likeness (QED) is 0.423. The van der Waals surface area contributed by atoms with Crippen LogP contribution in [0.25, 0.3) is 11.3 Å². The number of aryl methyl sites for hydroxylation is 1. The van der Waals surface area contributed by atoms with Gasteiger partial charge in [0.25, 0.3) is 0 Å². The minimum atomic E-state index is -0.784. The lowest BCUT2D eigenvalue weighted by Gasteiger charge is -2.12. The van der Waals surface area contributed by atoms with E-state index in [4.69, 9.17) is 9.84 Å². The molecule has 2 N–H and O–H groups in total. The van der Waals surface area contributed by atoms with E-state index >= 15 is 0 Å². The molecule has 0 spiro atoms. The zero-order valence-corrected chi connectivity index (χ0v) is 18.0. The number of halogens is 1. The predicted molar refractivity (Wildman–Crippen MR) is 117 cm³/mol. The van der Waals surface area contributed by atoms with Crippen LogP contribution in [0.3, 0.4) is 0 Å². The number of benzene rings is 2. The van der Waals surface area contributed by atoms with Gasteiger partial charge in [0.05, 0.1) is 16.3 Å². The van der Waals surface area contributed by atoms with E-state index in [2.05, 4.69) is 26.2 Å². The number of aliphatic carboxylic acids is 1. The maximum Gasteiger partial charge on any atom is 0.303 e. The Hall–Kier alpha value is -2.38. The summed E-state index contributed by atoms with van der Waals surface area (Å²) in [5, 5.41) is 14.9. The zero-order valence-electron chi connectivity index (χ0n) is 15.6. The summed E-state index contributed by atoms with van der Waals surface area (Å²) in [6.07, 6.45) is 0.787. The Morgan fingerprint density at radius 3 is 2.64 bits per heavy atom. The molecule has 0 amide bonds. The van der Waals surface area contributed by atoms with Crippen LogP contribution in [0, 0.1) is 0 Å². The summed E-state index contributed by atoms with van der Waals surface area (Å²) in [6.45, 7) is 3.99. The van der Waals surface area contributed by atoms with Gasteiger partial charge < -0.3 is 15.2 Å². The van der Waals surface area contributed by atoms with E-state index < -0.39 is 5.97 Å². The van der Waals surface area contributed by atoms with Crippen LogP contribution in [0.1, 0.15) is 25.8 Å². The van der Waals surface area contributed by atoms with Crippen molar-refractivity contribution in [1.29, 1.82) is 0 Å². The number of anilines is 2. The number of rotatable bonds is 8. The lowest BCUT2D eigenvalue weighted by molar-refractivity contribution is -0.136. The summed E-state index contributed by atoms with van der Waals surface area (Å²) in [5.41, 5.74) is 3.82. The second-order valence-electron chi connectivity index (χ2n) is 6.57. The van der Waals surface area contributed by atoms with E-state index in [-0.39, 0.29) is 12.5 Å². The van der Waals surface area contributed by atoms with Crippen LogP contribution in [0.4, 0.5) is 10.8 Å². The maximum absolute atomic E-state index is 10.7. The summed E-state index contributed by atoms with van der Waals surface area (Å²) in [5.74, 6) is 0.0308. The van der Waals surface area contributed by atoms with Crippen molar-refractivity contribution < 1.29 is 14.6 Å². The first-order valence-electron chi connectivity index (χ1n) is 8.90. The van der Waals surface area contributed by atoms with Crippen LogP contribution in [-0.2, 0) is 11.2 Å². The summed E-state index contributed by atoms with van der Waals surface area (Å²) in [4.78, 5) is 15.3. The van der Waals surface area contributed by atoms with E-state index in [0.717, 1.165) is 37.9 Å². The molecule has 28 heavy (non-hydrogen) atoms. The lowest BCUT2D eigenvalue weighted by Crippen LogP contribution is -2.05. The average molecular weight is 461 g/mol. The standard InChI is InChI=1S/C21H21BrN2O3S/c1-13(2)27-19-9-6-15(11-17(19)22)18-12-28-21(24-18)23-16-7-3-14(4-8-16)5-10-20(25)26/h3-4,6-9,11-13H,5,10H2,1-2H3,(H,23,24)(H,25,26). The monoisotopic (exact) mass is 460 g/mol. The summed E-state index contributed by atoms with van der Waals surface area (Å²) in [7, 11) is 0. The summed E-state index contributed by atoms with van der Waals surface area (Å²) >= 11 is 5.09. The van der Waals surface area contributed by atoms with Crippen molar-refractivity contribution in [2.75, 3.05) is 5.32 Å². The fourth-order valence-electron chi connectivity index (χ4n) is 2.60. The molecule has 1 aromatic heterocycles. The van der Waals surface area contributed by atoms with Crippen LogP contribution in [-0.4, -0.2) is 22.2 Å².